The number of hydrogen-bond donors (Lipinski definition) is 0. The molecule has 1 nitrogen and oxygen atoms in total. The lowest BCUT2D eigenvalue weighted by Gasteiger charge is -2.30. The molecule has 1 aromatic rings. The summed E-state index contributed by atoms with van der Waals surface area (Å²) >= 11 is 0. The number of rotatable bonds is 2. The van der Waals surface area contributed by atoms with E-state index < -0.39 is 0 Å². The fourth-order valence-electron chi connectivity index (χ4n) is 3.38. The van der Waals surface area contributed by atoms with E-state index in [1.807, 2.05) is 0 Å². The van der Waals surface area contributed by atoms with Crippen molar-refractivity contribution in [2.45, 2.75) is 65.2 Å². The number of benzene rings is 1. The van der Waals surface area contributed by atoms with E-state index in [9.17, 15) is 5.26 Å². The third kappa shape index (κ3) is 3.38. The normalized spacial score (nSPS) is 19.2. The zero-order valence-corrected chi connectivity index (χ0v) is 12.3. The van der Waals surface area contributed by atoms with E-state index in [4.69, 9.17) is 0 Å². The fraction of sp³-hybridized carbons (Fsp3) is 0.611. The molecule has 1 aliphatic rings. The molecule has 0 unspecified atom stereocenters. The van der Waals surface area contributed by atoms with Gasteiger partial charge in [0, 0.05) is 0 Å². The van der Waals surface area contributed by atoms with Crippen LogP contribution in [0.3, 0.4) is 0 Å². The minimum absolute atomic E-state index is 0.114. The Morgan fingerprint density at radius 1 is 1.00 bits per heavy atom. The Morgan fingerprint density at radius 3 is 2.05 bits per heavy atom. The molecule has 2 rings (SSSR count). The second-order valence-corrected chi connectivity index (χ2v) is 6.21. The number of aryl methyl sites for hydroxylation is 2. The lowest BCUT2D eigenvalue weighted by atomic mass is 9.72. The second kappa shape index (κ2) is 6.24. The zero-order valence-electron chi connectivity index (χ0n) is 12.3. The van der Waals surface area contributed by atoms with Gasteiger partial charge in [-0.25, -0.2) is 0 Å². The van der Waals surface area contributed by atoms with Crippen molar-refractivity contribution in [2.75, 3.05) is 0 Å². The van der Waals surface area contributed by atoms with E-state index in [-0.39, 0.29) is 5.41 Å². The van der Waals surface area contributed by atoms with Gasteiger partial charge in [-0.05, 0) is 49.8 Å². The van der Waals surface area contributed by atoms with Gasteiger partial charge >= 0.3 is 0 Å². The Bertz CT molecular complexity index is 439. The van der Waals surface area contributed by atoms with Gasteiger partial charge in [0.05, 0.1) is 11.5 Å². The molecule has 0 aliphatic heterocycles. The summed E-state index contributed by atoms with van der Waals surface area (Å²) in [7, 11) is 0. The van der Waals surface area contributed by atoms with Crippen LogP contribution < -0.4 is 0 Å². The Morgan fingerprint density at radius 2 is 1.53 bits per heavy atom. The average molecular weight is 255 g/mol. The van der Waals surface area contributed by atoms with Crippen LogP contribution in [0, 0.1) is 30.6 Å². The fourth-order valence-corrected chi connectivity index (χ4v) is 3.38. The van der Waals surface area contributed by atoms with Crippen LogP contribution >= 0.6 is 0 Å². The first kappa shape index (κ1) is 14.1. The van der Waals surface area contributed by atoms with Crippen molar-refractivity contribution in [1.29, 1.82) is 5.26 Å². The predicted octanol–water partition coefficient (Wildman–Crippen LogP) is 5.10. The van der Waals surface area contributed by atoms with Gasteiger partial charge in [-0.1, -0.05) is 50.3 Å². The minimum Gasteiger partial charge on any atom is -0.198 e. The van der Waals surface area contributed by atoms with Crippen molar-refractivity contribution in [3.8, 4) is 6.07 Å². The highest BCUT2D eigenvalue weighted by Crippen LogP contribution is 2.38. The molecule has 0 atom stereocenters. The second-order valence-electron chi connectivity index (χ2n) is 6.21. The monoisotopic (exact) mass is 255 g/mol. The first-order valence-corrected chi connectivity index (χ1v) is 7.63. The van der Waals surface area contributed by atoms with Gasteiger partial charge in [0.1, 0.15) is 0 Å². The molecule has 0 amide bonds. The lowest BCUT2D eigenvalue weighted by molar-refractivity contribution is 0.286. The third-order valence-electron chi connectivity index (χ3n) is 4.71. The highest BCUT2D eigenvalue weighted by molar-refractivity contribution is 5.35. The highest BCUT2D eigenvalue weighted by Gasteiger charge is 2.31. The summed E-state index contributed by atoms with van der Waals surface area (Å²) < 4.78 is 0. The molecule has 1 aromatic carbocycles. The van der Waals surface area contributed by atoms with Gasteiger partial charge in [0.25, 0.3) is 0 Å². The maximum Gasteiger partial charge on any atom is 0.0693 e. The van der Waals surface area contributed by atoms with Gasteiger partial charge in [-0.2, -0.15) is 5.26 Å². The molecule has 0 bridgehead atoms. The highest BCUT2D eigenvalue weighted by atomic mass is 14.4. The molecule has 0 radical (unpaired) electrons. The van der Waals surface area contributed by atoms with E-state index in [1.165, 1.54) is 48.8 Å². The Balaban J connectivity index is 2.24. The first-order valence-electron chi connectivity index (χ1n) is 7.63. The average Bonchev–Trinajstić information content (AvgIpc) is 2.37. The third-order valence-corrected chi connectivity index (χ3v) is 4.71. The van der Waals surface area contributed by atoms with Crippen molar-refractivity contribution in [2.24, 2.45) is 5.41 Å². The molecule has 0 heterocycles. The summed E-state index contributed by atoms with van der Waals surface area (Å²) in [6.45, 7) is 4.35. The Hall–Kier alpha value is -1.29. The van der Waals surface area contributed by atoms with Crippen LogP contribution in [0.5, 0.6) is 0 Å². The van der Waals surface area contributed by atoms with Crippen LogP contribution in [0.4, 0.5) is 0 Å². The summed E-state index contributed by atoms with van der Waals surface area (Å²) in [6.07, 6.45) is 9.50. The topological polar surface area (TPSA) is 23.8 Å². The molecule has 0 N–H and O–H groups in total. The van der Waals surface area contributed by atoms with E-state index in [1.54, 1.807) is 0 Å². The quantitative estimate of drug-likeness (QED) is 0.721. The SMILES string of the molecule is Cc1cccc(C)c1CC1(C#N)CCCCCCC1. The molecule has 1 heteroatoms. The van der Waals surface area contributed by atoms with Gasteiger partial charge in [-0.3, -0.25) is 0 Å². The van der Waals surface area contributed by atoms with Crippen molar-refractivity contribution in [3.63, 3.8) is 0 Å². The summed E-state index contributed by atoms with van der Waals surface area (Å²) in [5.74, 6) is 0. The van der Waals surface area contributed by atoms with Crippen LogP contribution in [0.1, 0.15) is 61.6 Å². The number of nitrogens with zero attached hydrogens (tertiary/aromatic N) is 1. The molecule has 19 heavy (non-hydrogen) atoms. The van der Waals surface area contributed by atoms with Crippen molar-refractivity contribution < 1.29 is 0 Å². The Labute approximate surface area is 117 Å². The molecule has 1 aliphatic carbocycles. The molecule has 0 spiro atoms. The van der Waals surface area contributed by atoms with Crippen molar-refractivity contribution >= 4 is 0 Å². The lowest BCUT2D eigenvalue weighted by Crippen LogP contribution is -2.24. The van der Waals surface area contributed by atoms with Crippen molar-refractivity contribution in [3.05, 3.63) is 34.9 Å². The number of hydrogen-bond acceptors (Lipinski definition) is 1. The van der Waals surface area contributed by atoms with E-state index >= 15 is 0 Å². The predicted molar refractivity (Wildman–Crippen MR) is 80.0 cm³/mol. The molecule has 102 valence electrons. The maximum atomic E-state index is 9.75. The smallest absolute Gasteiger partial charge is 0.0693 e. The minimum atomic E-state index is -0.114. The standard InChI is InChI=1S/C18H25N/c1-15-9-8-10-16(2)17(15)13-18(14-19)11-6-4-3-5-7-12-18/h8-10H,3-7,11-13H2,1-2H3. The van der Waals surface area contributed by atoms with Crippen molar-refractivity contribution in [1.82, 2.24) is 0 Å². The molecular formula is C18H25N. The molecule has 0 aromatic heterocycles. The Kier molecular flexibility index (Phi) is 4.64. The zero-order chi connectivity index (χ0) is 13.7. The van der Waals surface area contributed by atoms with E-state index in [0.717, 1.165) is 19.3 Å². The van der Waals surface area contributed by atoms with Gasteiger partial charge in [0.2, 0.25) is 0 Å². The summed E-state index contributed by atoms with van der Waals surface area (Å²) in [5, 5.41) is 9.75. The largest absolute Gasteiger partial charge is 0.198 e. The first-order chi connectivity index (χ1) is 9.17. The molecular weight excluding hydrogens is 230 g/mol. The number of nitriles is 1. The van der Waals surface area contributed by atoms with Gasteiger partial charge < -0.3 is 0 Å². The molecule has 0 saturated heterocycles. The van der Waals surface area contributed by atoms with E-state index in [2.05, 4.69) is 38.1 Å². The van der Waals surface area contributed by atoms with Crippen LogP contribution in [0.25, 0.3) is 0 Å². The molecule has 1 saturated carbocycles. The summed E-state index contributed by atoms with van der Waals surface area (Å²) in [6, 6.07) is 9.16. The van der Waals surface area contributed by atoms with Gasteiger partial charge in [0.15, 0.2) is 0 Å². The van der Waals surface area contributed by atoms with Crippen LogP contribution in [0.2, 0.25) is 0 Å². The van der Waals surface area contributed by atoms with E-state index in [0.29, 0.717) is 0 Å². The summed E-state index contributed by atoms with van der Waals surface area (Å²) in [4.78, 5) is 0. The molecule has 1 fully saturated rings. The van der Waals surface area contributed by atoms with Crippen LogP contribution in [-0.2, 0) is 6.42 Å². The summed E-state index contributed by atoms with van der Waals surface area (Å²) in [5.41, 5.74) is 3.98. The van der Waals surface area contributed by atoms with Gasteiger partial charge in [-0.15, -0.1) is 0 Å². The maximum absolute atomic E-state index is 9.75. The van der Waals surface area contributed by atoms with Crippen LogP contribution in [-0.4, -0.2) is 0 Å². The van der Waals surface area contributed by atoms with Crippen LogP contribution in [0.15, 0.2) is 18.2 Å².